The van der Waals surface area contributed by atoms with Crippen molar-refractivity contribution in [1.82, 2.24) is 0 Å². The van der Waals surface area contributed by atoms with Crippen LogP contribution in [0.5, 0.6) is 0 Å². The van der Waals surface area contributed by atoms with Gasteiger partial charge in [0, 0.05) is 0 Å². The molecule has 0 heterocycles. The van der Waals surface area contributed by atoms with Gasteiger partial charge in [-0.1, -0.05) is 54.5 Å². The van der Waals surface area contributed by atoms with Crippen LogP contribution in [0.2, 0.25) is 18.1 Å². The van der Waals surface area contributed by atoms with E-state index in [1.54, 1.807) is 0 Å². The fourth-order valence-electron chi connectivity index (χ4n) is 2.27. The van der Waals surface area contributed by atoms with Crippen molar-refractivity contribution < 1.29 is 4.43 Å². The lowest BCUT2D eigenvalue weighted by Crippen LogP contribution is -2.47. The molecule has 0 amide bonds. The van der Waals surface area contributed by atoms with Gasteiger partial charge in [-0.2, -0.15) is 0 Å². The topological polar surface area (TPSA) is 9.23 Å². The van der Waals surface area contributed by atoms with Crippen LogP contribution >= 0.6 is 0 Å². The zero-order valence-corrected chi connectivity index (χ0v) is 15.7. The summed E-state index contributed by atoms with van der Waals surface area (Å²) in [4.78, 5) is 0. The van der Waals surface area contributed by atoms with E-state index in [0.717, 1.165) is 5.92 Å². The molecule has 0 aromatic heterocycles. The third-order valence-electron chi connectivity index (χ3n) is 4.53. The minimum absolute atomic E-state index is 0.268. The van der Waals surface area contributed by atoms with Crippen LogP contribution in [0.4, 0.5) is 0 Å². The second kappa shape index (κ2) is 7.08. The molecule has 0 fully saturated rings. The Morgan fingerprint density at radius 1 is 1.11 bits per heavy atom. The molecule has 0 saturated carbocycles. The molecule has 0 N–H and O–H groups in total. The molecule has 0 rings (SSSR count). The molecule has 0 unspecified atom stereocenters. The Bertz CT molecular complexity index is 275. The van der Waals surface area contributed by atoms with Gasteiger partial charge in [0.05, 0.1) is 6.10 Å². The lowest BCUT2D eigenvalue weighted by molar-refractivity contribution is 0.0826. The molecule has 2 heteroatoms. The molecule has 0 bridgehead atoms. The molecule has 0 aliphatic rings. The molecular formula is C17H36OSi. The van der Waals surface area contributed by atoms with Crippen LogP contribution < -0.4 is 0 Å². The van der Waals surface area contributed by atoms with Crippen molar-refractivity contribution in [2.24, 2.45) is 17.8 Å². The predicted molar refractivity (Wildman–Crippen MR) is 90.1 cm³/mol. The summed E-state index contributed by atoms with van der Waals surface area (Å²) in [6.07, 6.45) is 3.58. The first kappa shape index (κ1) is 18.9. The molecular weight excluding hydrogens is 248 g/mol. The molecule has 19 heavy (non-hydrogen) atoms. The van der Waals surface area contributed by atoms with Gasteiger partial charge in [-0.3, -0.25) is 0 Å². The van der Waals surface area contributed by atoms with Crippen molar-refractivity contribution in [1.29, 1.82) is 0 Å². The lowest BCUT2D eigenvalue weighted by atomic mass is 9.87. The quantitative estimate of drug-likeness (QED) is 0.419. The average molecular weight is 285 g/mol. The van der Waals surface area contributed by atoms with Crippen molar-refractivity contribution in [3.8, 4) is 0 Å². The molecule has 0 aromatic rings. The Morgan fingerprint density at radius 2 is 1.58 bits per heavy atom. The Balaban J connectivity index is 5.02. The monoisotopic (exact) mass is 284 g/mol. The first-order valence-corrected chi connectivity index (χ1v) is 10.6. The van der Waals surface area contributed by atoms with Crippen LogP contribution in [0.25, 0.3) is 0 Å². The van der Waals surface area contributed by atoms with Gasteiger partial charge in [0.25, 0.3) is 0 Å². The zero-order valence-electron chi connectivity index (χ0n) is 14.7. The van der Waals surface area contributed by atoms with E-state index in [1.165, 1.54) is 6.42 Å². The van der Waals surface area contributed by atoms with Crippen molar-refractivity contribution in [3.05, 3.63) is 12.7 Å². The highest BCUT2D eigenvalue weighted by molar-refractivity contribution is 6.74. The number of hydrogen-bond acceptors (Lipinski definition) is 1. The highest BCUT2D eigenvalue weighted by Gasteiger charge is 2.41. The van der Waals surface area contributed by atoms with Crippen LogP contribution in [0, 0.1) is 17.8 Å². The van der Waals surface area contributed by atoms with Gasteiger partial charge in [0.15, 0.2) is 8.32 Å². The summed E-state index contributed by atoms with van der Waals surface area (Å²) >= 11 is 0. The van der Waals surface area contributed by atoms with Crippen molar-refractivity contribution in [2.45, 2.75) is 79.1 Å². The normalized spacial score (nSPS) is 18.2. The summed E-state index contributed by atoms with van der Waals surface area (Å²) in [5.74, 6) is 1.72. The molecule has 3 atom stereocenters. The van der Waals surface area contributed by atoms with E-state index in [4.69, 9.17) is 4.43 Å². The Hall–Kier alpha value is -0.0831. The first-order chi connectivity index (χ1) is 8.42. The van der Waals surface area contributed by atoms with E-state index in [0.29, 0.717) is 17.9 Å². The maximum Gasteiger partial charge on any atom is 0.192 e. The third kappa shape index (κ3) is 5.82. The Kier molecular flexibility index (Phi) is 7.05. The van der Waals surface area contributed by atoms with Gasteiger partial charge in [0.2, 0.25) is 0 Å². The largest absolute Gasteiger partial charge is 0.413 e. The number of rotatable bonds is 7. The van der Waals surface area contributed by atoms with Gasteiger partial charge >= 0.3 is 0 Å². The standard InChI is InChI=1S/C17H36OSi/c1-11-14(4)16(15(5)12-13(2)3)18-19(9,10)17(6,7)8/h11,13-16H,1,12H2,2-10H3/t14-,15+,16-/m0/s1. The van der Waals surface area contributed by atoms with Gasteiger partial charge < -0.3 is 4.43 Å². The van der Waals surface area contributed by atoms with E-state index in [1.807, 2.05) is 0 Å². The van der Waals surface area contributed by atoms with Crippen LogP contribution in [0.3, 0.4) is 0 Å². The van der Waals surface area contributed by atoms with Gasteiger partial charge in [-0.05, 0) is 42.3 Å². The molecule has 0 radical (unpaired) electrons. The minimum atomic E-state index is -1.71. The van der Waals surface area contributed by atoms with E-state index >= 15 is 0 Å². The molecule has 1 nitrogen and oxygen atoms in total. The SMILES string of the molecule is C=C[C@H](C)[C@H](O[Si](C)(C)C(C)(C)C)[C@H](C)CC(C)C. The Morgan fingerprint density at radius 3 is 1.89 bits per heavy atom. The highest BCUT2D eigenvalue weighted by atomic mass is 28.4. The van der Waals surface area contributed by atoms with E-state index in [9.17, 15) is 0 Å². The van der Waals surface area contributed by atoms with Gasteiger partial charge in [0.1, 0.15) is 0 Å². The molecule has 0 aliphatic heterocycles. The third-order valence-corrected chi connectivity index (χ3v) is 9.00. The maximum absolute atomic E-state index is 6.69. The summed E-state index contributed by atoms with van der Waals surface area (Å²) in [7, 11) is -1.71. The van der Waals surface area contributed by atoms with Crippen LogP contribution in [-0.4, -0.2) is 14.4 Å². The van der Waals surface area contributed by atoms with E-state index in [2.05, 4.69) is 74.2 Å². The maximum atomic E-state index is 6.69. The van der Waals surface area contributed by atoms with Crippen LogP contribution in [-0.2, 0) is 4.43 Å². The summed E-state index contributed by atoms with van der Waals surface area (Å²) in [5, 5.41) is 0.268. The fraction of sp³-hybridized carbons (Fsp3) is 0.882. The summed E-state index contributed by atoms with van der Waals surface area (Å²) < 4.78 is 6.69. The minimum Gasteiger partial charge on any atom is -0.413 e. The second-order valence-electron chi connectivity index (χ2n) is 8.04. The van der Waals surface area contributed by atoms with Gasteiger partial charge in [-0.25, -0.2) is 0 Å². The van der Waals surface area contributed by atoms with E-state index in [-0.39, 0.29) is 5.04 Å². The molecule has 114 valence electrons. The summed E-state index contributed by atoms with van der Waals surface area (Å²) in [6, 6.07) is 0. The molecule has 0 aromatic carbocycles. The van der Waals surface area contributed by atoms with Crippen molar-refractivity contribution >= 4 is 8.32 Å². The van der Waals surface area contributed by atoms with E-state index < -0.39 is 8.32 Å². The molecule has 0 spiro atoms. The average Bonchev–Trinajstić information content (AvgIpc) is 2.22. The van der Waals surface area contributed by atoms with Gasteiger partial charge in [-0.15, -0.1) is 6.58 Å². The van der Waals surface area contributed by atoms with Crippen molar-refractivity contribution in [2.75, 3.05) is 0 Å². The Labute approximate surface area is 123 Å². The first-order valence-electron chi connectivity index (χ1n) is 7.72. The second-order valence-corrected chi connectivity index (χ2v) is 12.8. The molecule has 0 saturated heterocycles. The zero-order chi connectivity index (χ0) is 15.4. The fourth-order valence-corrected chi connectivity index (χ4v) is 3.75. The molecule has 0 aliphatic carbocycles. The van der Waals surface area contributed by atoms with Crippen LogP contribution in [0.15, 0.2) is 12.7 Å². The smallest absolute Gasteiger partial charge is 0.192 e. The highest BCUT2D eigenvalue weighted by Crippen LogP contribution is 2.39. The summed E-state index contributed by atoms with van der Waals surface area (Å²) in [6.45, 7) is 24.7. The van der Waals surface area contributed by atoms with Crippen LogP contribution in [0.1, 0.15) is 54.9 Å². The lowest BCUT2D eigenvalue weighted by Gasteiger charge is -2.42. The summed E-state index contributed by atoms with van der Waals surface area (Å²) in [5.41, 5.74) is 0. The number of hydrogen-bond donors (Lipinski definition) is 0. The predicted octanol–water partition coefficient (Wildman–Crippen LogP) is 5.88. The van der Waals surface area contributed by atoms with Crippen molar-refractivity contribution in [3.63, 3.8) is 0 Å².